The van der Waals surface area contributed by atoms with Gasteiger partial charge < -0.3 is 9.73 Å². The van der Waals surface area contributed by atoms with Gasteiger partial charge in [-0.15, -0.1) is 0 Å². The number of aromatic nitrogens is 1. The fraction of sp³-hybridized carbons (Fsp3) is 0.263. The molecule has 1 aliphatic rings. The van der Waals surface area contributed by atoms with Crippen molar-refractivity contribution in [2.75, 3.05) is 0 Å². The van der Waals surface area contributed by atoms with Crippen molar-refractivity contribution in [2.45, 2.75) is 32.2 Å². The number of fused-ring (bicyclic) bond motifs is 2. The fourth-order valence-electron chi connectivity index (χ4n) is 3.23. The van der Waals surface area contributed by atoms with Gasteiger partial charge >= 0.3 is 0 Å². The SMILES string of the molecule is O=C(Cc1coc2cc3c(cc12)CCC3)NCc1ccc(Cl)nc1. The van der Waals surface area contributed by atoms with Gasteiger partial charge in [-0.2, -0.15) is 0 Å². The van der Waals surface area contributed by atoms with Gasteiger partial charge in [0.2, 0.25) is 5.91 Å². The number of hydrogen-bond donors (Lipinski definition) is 1. The number of amides is 1. The van der Waals surface area contributed by atoms with E-state index in [1.54, 1.807) is 18.5 Å². The fourth-order valence-corrected chi connectivity index (χ4v) is 3.34. The molecule has 1 N–H and O–H groups in total. The van der Waals surface area contributed by atoms with Crippen LogP contribution in [0.3, 0.4) is 0 Å². The van der Waals surface area contributed by atoms with E-state index in [-0.39, 0.29) is 5.91 Å². The molecule has 0 atom stereocenters. The summed E-state index contributed by atoms with van der Waals surface area (Å²) in [4.78, 5) is 16.2. The van der Waals surface area contributed by atoms with Crippen LogP contribution in [0, 0.1) is 0 Å². The second-order valence-corrected chi connectivity index (χ2v) is 6.56. The van der Waals surface area contributed by atoms with Crippen LogP contribution in [0.4, 0.5) is 0 Å². The number of aryl methyl sites for hydroxylation is 2. The summed E-state index contributed by atoms with van der Waals surface area (Å²) in [6, 6.07) is 7.88. The first-order valence-electron chi connectivity index (χ1n) is 8.08. The van der Waals surface area contributed by atoms with Crippen LogP contribution < -0.4 is 5.32 Å². The smallest absolute Gasteiger partial charge is 0.224 e. The predicted molar refractivity (Wildman–Crippen MR) is 93.0 cm³/mol. The van der Waals surface area contributed by atoms with Gasteiger partial charge in [-0.05, 0) is 54.2 Å². The molecular weight excluding hydrogens is 324 g/mol. The van der Waals surface area contributed by atoms with Crippen molar-refractivity contribution < 1.29 is 9.21 Å². The first-order valence-corrected chi connectivity index (χ1v) is 8.46. The molecular formula is C19H17ClN2O2. The van der Waals surface area contributed by atoms with Crippen LogP contribution in [0.2, 0.25) is 5.15 Å². The minimum Gasteiger partial charge on any atom is -0.464 e. The number of benzene rings is 1. The highest BCUT2D eigenvalue weighted by Gasteiger charge is 2.16. The van der Waals surface area contributed by atoms with Crippen LogP contribution in [0.25, 0.3) is 11.0 Å². The summed E-state index contributed by atoms with van der Waals surface area (Å²) < 4.78 is 5.65. The van der Waals surface area contributed by atoms with Gasteiger partial charge in [0.25, 0.3) is 0 Å². The van der Waals surface area contributed by atoms with Crippen molar-refractivity contribution in [3.05, 3.63) is 64.1 Å². The maximum absolute atomic E-state index is 12.2. The summed E-state index contributed by atoms with van der Waals surface area (Å²) in [5.74, 6) is -0.0341. The van der Waals surface area contributed by atoms with Gasteiger partial charge in [-0.3, -0.25) is 4.79 Å². The third-order valence-corrected chi connectivity index (χ3v) is 4.72. The summed E-state index contributed by atoms with van der Waals surface area (Å²) in [5.41, 5.74) is 5.50. The standard InChI is InChI=1S/C19H17ClN2O2/c20-18-5-4-12(9-21-18)10-22-19(23)8-15-11-24-17-7-14-3-1-2-13(14)6-16(15)17/h4-7,9,11H,1-3,8,10H2,(H,22,23). The average molecular weight is 341 g/mol. The second kappa shape index (κ2) is 6.29. The molecule has 1 amide bonds. The highest BCUT2D eigenvalue weighted by molar-refractivity contribution is 6.29. The van der Waals surface area contributed by atoms with Crippen LogP contribution in [0.15, 0.2) is 41.1 Å². The van der Waals surface area contributed by atoms with Gasteiger partial charge in [-0.1, -0.05) is 17.7 Å². The normalized spacial score (nSPS) is 13.2. The summed E-state index contributed by atoms with van der Waals surface area (Å²) in [6.07, 6.45) is 7.12. The second-order valence-electron chi connectivity index (χ2n) is 6.17. The Morgan fingerprint density at radius 1 is 1.25 bits per heavy atom. The highest BCUT2D eigenvalue weighted by Crippen LogP contribution is 2.30. The van der Waals surface area contributed by atoms with Gasteiger partial charge in [0.05, 0.1) is 12.7 Å². The number of halogens is 1. The van der Waals surface area contributed by atoms with Crippen molar-refractivity contribution in [2.24, 2.45) is 0 Å². The lowest BCUT2D eigenvalue weighted by Gasteiger charge is -2.05. The first kappa shape index (κ1) is 15.2. The molecule has 0 bridgehead atoms. The Hall–Kier alpha value is -2.33. The molecule has 0 saturated carbocycles. The summed E-state index contributed by atoms with van der Waals surface area (Å²) in [7, 11) is 0. The van der Waals surface area contributed by atoms with E-state index in [0.717, 1.165) is 34.9 Å². The van der Waals surface area contributed by atoms with E-state index in [9.17, 15) is 4.79 Å². The molecule has 24 heavy (non-hydrogen) atoms. The van der Waals surface area contributed by atoms with E-state index in [1.807, 2.05) is 6.07 Å². The van der Waals surface area contributed by atoms with Crippen molar-refractivity contribution in [1.29, 1.82) is 0 Å². The number of hydrogen-bond acceptors (Lipinski definition) is 3. The van der Waals surface area contributed by atoms with Crippen molar-refractivity contribution in [1.82, 2.24) is 10.3 Å². The quantitative estimate of drug-likeness (QED) is 0.734. The Morgan fingerprint density at radius 2 is 2.08 bits per heavy atom. The number of nitrogens with zero attached hydrogens (tertiary/aromatic N) is 1. The third kappa shape index (κ3) is 3.02. The van der Waals surface area contributed by atoms with E-state index in [4.69, 9.17) is 16.0 Å². The lowest BCUT2D eigenvalue weighted by molar-refractivity contribution is -0.120. The largest absolute Gasteiger partial charge is 0.464 e. The van der Waals surface area contributed by atoms with Gasteiger partial charge in [0, 0.05) is 23.7 Å². The number of carbonyl (C=O) groups is 1. The minimum absolute atomic E-state index is 0.0341. The van der Waals surface area contributed by atoms with Crippen molar-refractivity contribution in [3.63, 3.8) is 0 Å². The van der Waals surface area contributed by atoms with Crippen LogP contribution in [-0.4, -0.2) is 10.9 Å². The maximum atomic E-state index is 12.2. The van der Waals surface area contributed by atoms with Gasteiger partial charge in [-0.25, -0.2) is 4.98 Å². The molecule has 1 aromatic carbocycles. The Bertz CT molecular complexity index is 900. The van der Waals surface area contributed by atoms with E-state index in [2.05, 4.69) is 22.4 Å². The van der Waals surface area contributed by atoms with Crippen LogP contribution in [-0.2, 0) is 30.6 Å². The Morgan fingerprint density at radius 3 is 2.88 bits per heavy atom. The molecule has 5 heteroatoms. The number of carbonyl (C=O) groups excluding carboxylic acids is 1. The zero-order valence-electron chi connectivity index (χ0n) is 13.1. The molecule has 2 heterocycles. The minimum atomic E-state index is -0.0341. The molecule has 1 aliphatic carbocycles. The summed E-state index contributed by atoms with van der Waals surface area (Å²) in [5, 5.41) is 4.41. The maximum Gasteiger partial charge on any atom is 0.224 e. The highest BCUT2D eigenvalue weighted by atomic mass is 35.5. The molecule has 0 saturated heterocycles. The number of nitrogens with one attached hydrogen (secondary N) is 1. The van der Waals surface area contributed by atoms with Crippen molar-refractivity contribution in [3.8, 4) is 0 Å². The third-order valence-electron chi connectivity index (χ3n) is 4.50. The first-order chi connectivity index (χ1) is 11.7. The molecule has 4 rings (SSSR count). The average Bonchev–Trinajstić information content (AvgIpc) is 3.19. The molecule has 0 unspecified atom stereocenters. The van der Waals surface area contributed by atoms with Crippen LogP contribution in [0.1, 0.15) is 28.7 Å². The molecule has 0 spiro atoms. The predicted octanol–water partition coefficient (Wildman–Crippen LogP) is 3.83. The number of pyridine rings is 1. The van der Waals surface area contributed by atoms with E-state index in [1.165, 1.54) is 17.5 Å². The van der Waals surface area contributed by atoms with Crippen LogP contribution in [0.5, 0.6) is 0 Å². The summed E-state index contributed by atoms with van der Waals surface area (Å²) in [6.45, 7) is 0.439. The van der Waals surface area contributed by atoms with Gasteiger partial charge in [0.1, 0.15) is 10.7 Å². The molecule has 4 nitrogen and oxygen atoms in total. The Labute approximate surface area is 144 Å². The van der Waals surface area contributed by atoms with E-state index >= 15 is 0 Å². The molecule has 0 aliphatic heterocycles. The zero-order valence-corrected chi connectivity index (χ0v) is 13.9. The molecule has 0 fully saturated rings. The lowest BCUT2D eigenvalue weighted by atomic mass is 10.0. The lowest BCUT2D eigenvalue weighted by Crippen LogP contribution is -2.24. The Balaban J connectivity index is 1.45. The Kier molecular flexibility index (Phi) is 3.98. The van der Waals surface area contributed by atoms with E-state index in [0.29, 0.717) is 18.1 Å². The molecule has 3 aromatic rings. The molecule has 122 valence electrons. The molecule has 2 aromatic heterocycles. The zero-order chi connectivity index (χ0) is 16.5. The van der Waals surface area contributed by atoms with Crippen molar-refractivity contribution >= 4 is 28.5 Å². The van der Waals surface area contributed by atoms with E-state index < -0.39 is 0 Å². The number of rotatable bonds is 4. The monoisotopic (exact) mass is 340 g/mol. The van der Waals surface area contributed by atoms with Crippen LogP contribution >= 0.6 is 11.6 Å². The number of furan rings is 1. The van der Waals surface area contributed by atoms with Gasteiger partial charge in [0.15, 0.2) is 0 Å². The topological polar surface area (TPSA) is 55.1 Å². The summed E-state index contributed by atoms with van der Waals surface area (Å²) >= 11 is 5.76. The molecule has 0 radical (unpaired) electrons.